The van der Waals surface area contributed by atoms with Gasteiger partial charge in [-0.05, 0) is 55.7 Å². The Bertz CT molecular complexity index is 1100. The molecule has 1 fully saturated rings. The van der Waals surface area contributed by atoms with Crippen molar-refractivity contribution in [2.24, 2.45) is 0 Å². The molecule has 0 spiro atoms. The highest BCUT2D eigenvalue weighted by Crippen LogP contribution is 2.25. The lowest BCUT2D eigenvalue weighted by atomic mass is 10.1. The zero-order valence-corrected chi connectivity index (χ0v) is 18.7. The fraction of sp³-hybridized carbons (Fsp3) is 0.400. The molecule has 168 valence electrons. The number of hydrogen-bond donors (Lipinski definition) is 0. The minimum atomic E-state index is -0.365. The Kier molecular flexibility index (Phi) is 6.73. The van der Waals surface area contributed by atoms with Crippen LogP contribution < -0.4 is 4.74 Å². The molecule has 32 heavy (non-hydrogen) atoms. The van der Waals surface area contributed by atoms with E-state index in [-0.39, 0.29) is 11.9 Å². The Morgan fingerprint density at radius 1 is 0.969 bits per heavy atom. The maximum absolute atomic E-state index is 13.1. The zero-order valence-electron chi connectivity index (χ0n) is 18.7. The molecule has 3 aromatic rings. The van der Waals surface area contributed by atoms with E-state index in [9.17, 15) is 9.59 Å². The third-order valence-corrected chi connectivity index (χ3v) is 5.84. The van der Waals surface area contributed by atoms with Crippen LogP contribution in [0.25, 0.3) is 11.0 Å². The smallest absolute Gasteiger partial charge is 0.337 e. The number of aromatic nitrogens is 2. The van der Waals surface area contributed by atoms with E-state index in [2.05, 4.69) is 4.98 Å². The summed E-state index contributed by atoms with van der Waals surface area (Å²) >= 11 is 0. The molecule has 0 saturated carbocycles. The average Bonchev–Trinajstić information content (AvgIpc) is 2.98. The van der Waals surface area contributed by atoms with Crippen LogP contribution in [-0.4, -0.2) is 53.1 Å². The highest BCUT2D eigenvalue weighted by molar-refractivity contribution is 5.97. The molecule has 1 aliphatic rings. The summed E-state index contributed by atoms with van der Waals surface area (Å²) < 4.78 is 12.5. The minimum absolute atomic E-state index is 0.0712. The molecule has 1 aliphatic heterocycles. The number of carbonyl (C=O) groups is 2. The van der Waals surface area contributed by atoms with Gasteiger partial charge in [-0.15, -0.1) is 0 Å². The van der Waals surface area contributed by atoms with Crippen LogP contribution in [0.5, 0.6) is 6.01 Å². The van der Waals surface area contributed by atoms with Gasteiger partial charge in [0.1, 0.15) is 0 Å². The van der Waals surface area contributed by atoms with Gasteiger partial charge in [0.05, 0.1) is 36.9 Å². The van der Waals surface area contributed by atoms with Gasteiger partial charge in [0.25, 0.3) is 11.9 Å². The number of amides is 1. The van der Waals surface area contributed by atoms with Crippen LogP contribution in [-0.2, 0) is 11.3 Å². The number of rotatable bonds is 6. The van der Waals surface area contributed by atoms with Crippen LogP contribution >= 0.6 is 0 Å². The van der Waals surface area contributed by atoms with Crippen molar-refractivity contribution in [2.45, 2.75) is 39.2 Å². The van der Waals surface area contributed by atoms with E-state index in [0.717, 1.165) is 42.5 Å². The first-order chi connectivity index (χ1) is 15.6. The van der Waals surface area contributed by atoms with Crippen LogP contribution in [0.2, 0.25) is 0 Å². The van der Waals surface area contributed by atoms with E-state index in [1.54, 1.807) is 12.1 Å². The summed E-state index contributed by atoms with van der Waals surface area (Å²) in [5, 5.41) is 0. The van der Waals surface area contributed by atoms with Crippen LogP contribution in [0.1, 0.15) is 58.9 Å². The molecule has 0 aliphatic carbocycles. The molecule has 0 unspecified atom stereocenters. The number of methoxy groups -OCH3 is 1. The van der Waals surface area contributed by atoms with Crippen molar-refractivity contribution in [1.82, 2.24) is 14.5 Å². The molecule has 7 nitrogen and oxygen atoms in total. The highest BCUT2D eigenvalue weighted by atomic mass is 16.5. The lowest BCUT2D eigenvalue weighted by Gasteiger charge is -2.20. The maximum atomic E-state index is 13.1. The zero-order chi connectivity index (χ0) is 22.5. The minimum Gasteiger partial charge on any atom is -0.465 e. The van der Waals surface area contributed by atoms with Gasteiger partial charge in [-0.3, -0.25) is 9.36 Å². The van der Waals surface area contributed by atoms with Crippen molar-refractivity contribution in [1.29, 1.82) is 0 Å². The first-order valence-electron chi connectivity index (χ1n) is 11.2. The number of fused-ring (bicyclic) bond motifs is 1. The molecule has 0 bridgehead atoms. The Hall–Kier alpha value is -3.35. The van der Waals surface area contributed by atoms with Gasteiger partial charge in [0.15, 0.2) is 0 Å². The fourth-order valence-corrected chi connectivity index (χ4v) is 4.13. The summed E-state index contributed by atoms with van der Waals surface area (Å²) in [6.07, 6.45) is 4.48. The normalized spacial score (nSPS) is 14.2. The number of nitrogens with zero attached hydrogens (tertiary/aromatic N) is 3. The van der Waals surface area contributed by atoms with E-state index in [4.69, 9.17) is 9.47 Å². The van der Waals surface area contributed by atoms with Crippen LogP contribution in [0.4, 0.5) is 0 Å². The van der Waals surface area contributed by atoms with Crippen molar-refractivity contribution in [2.75, 3.05) is 26.8 Å². The van der Waals surface area contributed by atoms with Gasteiger partial charge < -0.3 is 14.4 Å². The first kappa shape index (κ1) is 21.9. The molecular formula is C25H29N3O4. The van der Waals surface area contributed by atoms with Gasteiger partial charge in [0, 0.05) is 18.7 Å². The van der Waals surface area contributed by atoms with Crippen molar-refractivity contribution in [3.8, 4) is 6.01 Å². The average molecular weight is 436 g/mol. The molecule has 1 aromatic heterocycles. The number of carbonyl (C=O) groups excluding carboxylic acids is 2. The lowest BCUT2D eigenvalue weighted by molar-refractivity contribution is 0.0600. The number of hydrogen-bond acceptors (Lipinski definition) is 5. The van der Waals surface area contributed by atoms with Gasteiger partial charge in [0.2, 0.25) is 0 Å². The largest absolute Gasteiger partial charge is 0.465 e. The van der Waals surface area contributed by atoms with Crippen LogP contribution in [0.3, 0.4) is 0 Å². The van der Waals surface area contributed by atoms with Crippen molar-refractivity contribution in [3.63, 3.8) is 0 Å². The molecule has 2 heterocycles. The molecule has 1 amide bonds. The van der Waals surface area contributed by atoms with Crippen molar-refractivity contribution >= 4 is 22.9 Å². The lowest BCUT2D eigenvalue weighted by Crippen LogP contribution is -2.31. The summed E-state index contributed by atoms with van der Waals surface area (Å²) in [4.78, 5) is 31.5. The SMILES string of the molecule is CCOc1nc2ccc(C(=O)N3CCCCCC3)cc2n1Cc1ccc(C(=O)OC)cc1. The molecule has 2 aromatic carbocycles. The predicted octanol–water partition coefficient (Wildman–Crippen LogP) is 4.29. The number of likely N-dealkylation sites (tertiary alicyclic amines) is 1. The second-order valence-corrected chi connectivity index (χ2v) is 8.01. The van der Waals surface area contributed by atoms with E-state index >= 15 is 0 Å². The Morgan fingerprint density at radius 2 is 1.66 bits per heavy atom. The second-order valence-electron chi connectivity index (χ2n) is 8.01. The number of benzene rings is 2. The Labute approximate surface area is 187 Å². The summed E-state index contributed by atoms with van der Waals surface area (Å²) in [6, 6.07) is 13.4. The number of imidazole rings is 1. The third kappa shape index (κ3) is 4.61. The second kappa shape index (κ2) is 9.85. The summed E-state index contributed by atoms with van der Waals surface area (Å²) in [5.74, 6) is -0.293. The molecule has 0 N–H and O–H groups in total. The molecule has 4 rings (SSSR count). The first-order valence-corrected chi connectivity index (χ1v) is 11.2. The third-order valence-electron chi connectivity index (χ3n) is 5.84. The molecular weight excluding hydrogens is 406 g/mol. The summed E-state index contributed by atoms with van der Waals surface area (Å²) in [7, 11) is 1.37. The molecule has 0 radical (unpaired) electrons. The summed E-state index contributed by atoms with van der Waals surface area (Å²) in [5.41, 5.74) is 3.80. The van der Waals surface area contributed by atoms with E-state index in [1.165, 1.54) is 20.0 Å². The molecule has 0 atom stereocenters. The van der Waals surface area contributed by atoms with Gasteiger partial charge in [-0.2, -0.15) is 4.98 Å². The van der Waals surface area contributed by atoms with Crippen LogP contribution in [0, 0.1) is 0 Å². The molecule has 7 heteroatoms. The van der Waals surface area contributed by atoms with Crippen molar-refractivity contribution in [3.05, 3.63) is 59.2 Å². The standard InChI is InChI=1S/C25H29N3O4/c1-3-32-25-26-21-13-12-20(23(29)27-14-6-4-5-7-15-27)16-22(21)28(25)17-18-8-10-19(11-9-18)24(30)31-2/h8-13,16H,3-7,14-15,17H2,1-2H3. The highest BCUT2D eigenvalue weighted by Gasteiger charge is 2.20. The van der Waals surface area contributed by atoms with Gasteiger partial charge in [-0.25, -0.2) is 4.79 Å². The van der Waals surface area contributed by atoms with Crippen LogP contribution in [0.15, 0.2) is 42.5 Å². The fourth-order valence-electron chi connectivity index (χ4n) is 4.13. The molecule has 1 saturated heterocycles. The maximum Gasteiger partial charge on any atom is 0.337 e. The Morgan fingerprint density at radius 3 is 2.31 bits per heavy atom. The number of ether oxygens (including phenoxy) is 2. The van der Waals surface area contributed by atoms with E-state index in [1.807, 2.05) is 46.7 Å². The topological polar surface area (TPSA) is 73.7 Å². The van der Waals surface area contributed by atoms with Gasteiger partial charge in [-0.1, -0.05) is 25.0 Å². The Balaban J connectivity index is 1.66. The predicted molar refractivity (Wildman–Crippen MR) is 122 cm³/mol. The summed E-state index contributed by atoms with van der Waals surface area (Å²) in [6.45, 7) is 4.54. The number of esters is 1. The monoisotopic (exact) mass is 435 g/mol. The quantitative estimate of drug-likeness (QED) is 0.540. The van der Waals surface area contributed by atoms with Gasteiger partial charge >= 0.3 is 5.97 Å². The van der Waals surface area contributed by atoms with Crippen molar-refractivity contribution < 1.29 is 19.1 Å². The van der Waals surface area contributed by atoms with E-state index in [0.29, 0.717) is 30.3 Å². The van der Waals surface area contributed by atoms with E-state index < -0.39 is 0 Å².